The summed E-state index contributed by atoms with van der Waals surface area (Å²) in [6, 6.07) is 3.56. The molecule has 21 heavy (non-hydrogen) atoms. The van der Waals surface area contributed by atoms with Gasteiger partial charge in [-0.05, 0) is 54.9 Å². The highest BCUT2D eigenvalue weighted by molar-refractivity contribution is 9.10. The zero-order valence-corrected chi connectivity index (χ0v) is 15.1. The fourth-order valence-electron chi connectivity index (χ4n) is 2.92. The molecule has 0 aliphatic heterocycles. The molecule has 1 saturated carbocycles. The Morgan fingerprint density at radius 3 is 2.62 bits per heavy atom. The van der Waals surface area contributed by atoms with Gasteiger partial charge in [-0.1, -0.05) is 29.8 Å². The highest BCUT2D eigenvalue weighted by atomic mass is 79.9. The molecular weight excluding hydrogens is 352 g/mol. The molecule has 2 rings (SSSR count). The predicted molar refractivity (Wildman–Crippen MR) is 88.5 cm³/mol. The molecule has 4 nitrogen and oxygen atoms in total. The van der Waals surface area contributed by atoms with E-state index in [0.717, 1.165) is 34.9 Å². The van der Waals surface area contributed by atoms with Gasteiger partial charge in [0.25, 0.3) is 0 Å². The Morgan fingerprint density at radius 1 is 1.43 bits per heavy atom. The Morgan fingerprint density at radius 2 is 2.10 bits per heavy atom. The maximum Gasteiger partial charge on any atom is 0.241 e. The molecule has 0 aromatic heterocycles. The second kappa shape index (κ2) is 5.99. The molecule has 6 heteroatoms. The van der Waals surface area contributed by atoms with Gasteiger partial charge in [0.1, 0.15) is 0 Å². The van der Waals surface area contributed by atoms with Gasteiger partial charge in [-0.15, -0.1) is 0 Å². The largest absolute Gasteiger partial charge is 0.326 e. The average molecular weight is 375 g/mol. The quantitative estimate of drug-likeness (QED) is 0.850. The van der Waals surface area contributed by atoms with Crippen LogP contribution >= 0.6 is 15.9 Å². The van der Waals surface area contributed by atoms with Crippen molar-refractivity contribution in [3.05, 3.63) is 27.7 Å². The summed E-state index contributed by atoms with van der Waals surface area (Å²) in [5.41, 5.74) is 7.38. The molecule has 0 amide bonds. The fraction of sp³-hybridized carbons (Fsp3) is 0.600. The molecule has 1 aromatic rings. The summed E-state index contributed by atoms with van der Waals surface area (Å²) in [4.78, 5) is 0.321. The van der Waals surface area contributed by atoms with Crippen molar-refractivity contribution in [3.63, 3.8) is 0 Å². The van der Waals surface area contributed by atoms with Gasteiger partial charge < -0.3 is 5.73 Å². The Labute approximate surface area is 135 Å². The minimum atomic E-state index is -3.52. The number of benzene rings is 1. The van der Waals surface area contributed by atoms with Crippen LogP contribution in [-0.4, -0.2) is 14.5 Å². The van der Waals surface area contributed by atoms with E-state index in [2.05, 4.69) is 34.5 Å². The first-order valence-electron chi connectivity index (χ1n) is 7.16. The Kier molecular flexibility index (Phi) is 4.83. The van der Waals surface area contributed by atoms with E-state index in [1.807, 2.05) is 6.07 Å². The van der Waals surface area contributed by atoms with E-state index < -0.39 is 10.0 Å². The van der Waals surface area contributed by atoms with Crippen molar-refractivity contribution in [2.45, 2.75) is 57.5 Å². The molecule has 0 radical (unpaired) electrons. The normalized spacial score (nSPS) is 21.7. The molecule has 3 N–H and O–H groups in total. The van der Waals surface area contributed by atoms with Crippen LogP contribution in [0.5, 0.6) is 0 Å². The monoisotopic (exact) mass is 374 g/mol. The maximum absolute atomic E-state index is 12.7. The third-order valence-corrected chi connectivity index (χ3v) is 6.64. The minimum Gasteiger partial charge on any atom is -0.326 e. The Hall–Kier alpha value is -0.430. The molecule has 0 heterocycles. The van der Waals surface area contributed by atoms with Crippen molar-refractivity contribution >= 4 is 26.0 Å². The first-order valence-corrected chi connectivity index (χ1v) is 9.44. The summed E-state index contributed by atoms with van der Waals surface area (Å²) in [7, 11) is -3.52. The average Bonchev–Trinajstić information content (AvgIpc) is 2.70. The minimum absolute atomic E-state index is 0.0182. The Bertz CT molecular complexity index is 641. The van der Waals surface area contributed by atoms with Crippen LogP contribution in [0.3, 0.4) is 0 Å². The molecule has 1 atom stereocenters. The van der Waals surface area contributed by atoms with Crippen molar-refractivity contribution in [1.29, 1.82) is 0 Å². The van der Waals surface area contributed by atoms with E-state index in [4.69, 9.17) is 5.73 Å². The number of nitrogens with one attached hydrogen (secondary N) is 1. The summed E-state index contributed by atoms with van der Waals surface area (Å²) in [5.74, 6) is 0. The lowest BCUT2D eigenvalue weighted by atomic mass is 9.92. The smallest absolute Gasteiger partial charge is 0.241 e. The van der Waals surface area contributed by atoms with Crippen LogP contribution in [0.15, 0.2) is 21.5 Å². The summed E-state index contributed by atoms with van der Waals surface area (Å²) >= 11 is 3.41. The van der Waals surface area contributed by atoms with Crippen molar-refractivity contribution < 1.29 is 8.42 Å². The lowest BCUT2D eigenvalue weighted by Gasteiger charge is -2.19. The first-order chi connectivity index (χ1) is 9.64. The molecular formula is C15H23BrN2O2S. The summed E-state index contributed by atoms with van der Waals surface area (Å²) in [5, 5.41) is 0. The fourth-order valence-corrected chi connectivity index (χ4v) is 5.15. The molecule has 0 bridgehead atoms. The molecule has 118 valence electrons. The van der Waals surface area contributed by atoms with Crippen molar-refractivity contribution in [3.8, 4) is 0 Å². The van der Waals surface area contributed by atoms with E-state index in [9.17, 15) is 8.42 Å². The van der Waals surface area contributed by atoms with Crippen LogP contribution in [0, 0.1) is 12.3 Å². The highest BCUT2D eigenvalue weighted by Crippen LogP contribution is 2.37. The standard InChI is InChI=1S/C15H23BrN2O2S/c1-10-13(16)6-11(9-17)7-14(10)21(19,20)18-12-4-5-15(2,3)8-12/h6-7,12,18H,4-5,8-9,17H2,1-3H3. The summed E-state index contributed by atoms with van der Waals surface area (Å²) in [6.07, 6.45) is 2.82. The van der Waals surface area contributed by atoms with E-state index in [1.54, 1.807) is 13.0 Å². The number of halogens is 1. The van der Waals surface area contributed by atoms with Crippen LogP contribution in [0.2, 0.25) is 0 Å². The highest BCUT2D eigenvalue weighted by Gasteiger charge is 2.34. The number of nitrogens with two attached hydrogens (primary N) is 1. The summed E-state index contributed by atoms with van der Waals surface area (Å²) in [6.45, 7) is 6.48. The topological polar surface area (TPSA) is 72.2 Å². The molecule has 0 spiro atoms. The van der Waals surface area contributed by atoms with E-state index in [0.29, 0.717) is 11.4 Å². The number of rotatable bonds is 4. The van der Waals surface area contributed by atoms with E-state index in [1.165, 1.54) is 0 Å². The third-order valence-electron chi connectivity index (χ3n) is 4.17. The van der Waals surface area contributed by atoms with E-state index in [-0.39, 0.29) is 11.5 Å². The molecule has 1 aliphatic rings. The lowest BCUT2D eigenvalue weighted by molar-refractivity contribution is 0.372. The maximum atomic E-state index is 12.7. The zero-order chi connectivity index (χ0) is 15.8. The third kappa shape index (κ3) is 3.86. The van der Waals surface area contributed by atoms with Crippen molar-refractivity contribution in [1.82, 2.24) is 4.72 Å². The van der Waals surface area contributed by atoms with Crippen molar-refractivity contribution in [2.24, 2.45) is 11.1 Å². The van der Waals surface area contributed by atoms with E-state index >= 15 is 0 Å². The van der Waals surface area contributed by atoms with Crippen molar-refractivity contribution in [2.75, 3.05) is 0 Å². The second-order valence-corrected chi connectivity index (χ2v) is 9.17. The van der Waals surface area contributed by atoms with Crippen LogP contribution in [0.4, 0.5) is 0 Å². The summed E-state index contributed by atoms with van der Waals surface area (Å²) < 4.78 is 29.0. The SMILES string of the molecule is Cc1c(Br)cc(CN)cc1S(=O)(=O)NC1CCC(C)(C)C1. The van der Waals surface area contributed by atoms with Crippen LogP contribution in [0.1, 0.15) is 44.2 Å². The van der Waals surface area contributed by atoms with Gasteiger partial charge in [0, 0.05) is 17.1 Å². The van der Waals surface area contributed by atoms with Crippen LogP contribution in [-0.2, 0) is 16.6 Å². The van der Waals surface area contributed by atoms with Crippen LogP contribution in [0.25, 0.3) is 0 Å². The van der Waals surface area contributed by atoms with Gasteiger partial charge in [0.05, 0.1) is 4.90 Å². The first kappa shape index (κ1) is 16.9. The molecule has 1 unspecified atom stereocenters. The van der Waals surface area contributed by atoms with Gasteiger partial charge in [-0.25, -0.2) is 13.1 Å². The molecule has 1 aromatic carbocycles. The van der Waals surface area contributed by atoms with Gasteiger partial charge >= 0.3 is 0 Å². The van der Waals surface area contributed by atoms with Gasteiger partial charge in [0.15, 0.2) is 0 Å². The zero-order valence-electron chi connectivity index (χ0n) is 12.7. The van der Waals surface area contributed by atoms with Gasteiger partial charge in [-0.2, -0.15) is 0 Å². The number of sulfonamides is 1. The molecule has 1 fully saturated rings. The number of hydrogen-bond acceptors (Lipinski definition) is 3. The van der Waals surface area contributed by atoms with Gasteiger partial charge in [-0.3, -0.25) is 0 Å². The van der Waals surface area contributed by atoms with Gasteiger partial charge in [0.2, 0.25) is 10.0 Å². The Balaban J connectivity index is 2.30. The molecule has 1 aliphatic carbocycles. The predicted octanol–water partition coefficient (Wildman–Crippen LogP) is 3.07. The lowest BCUT2D eigenvalue weighted by Crippen LogP contribution is -2.34. The molecule has 0 saturated heterocycles. The number of hydrogen-bond donors (Lipinski definition) is 2. The van der Waals surface area contributed by atoms with Crippen LogP contribution < -0.4 is 10.5 Å². The second-order valence-electron chi connectivity index (χ2n) is 6.63.